The van der Waals surface area contributed by atoms with E-state index in [2.05, 4.69) is 54.0 Å². The molecule has 1 amide bonds. The van der Waals surface area contributed by atoms with Crippen molar-refractivity contribution in [3.8, 4) is 22.9 Å². The van der Waals surface area contributed by atoms with E-state index in [1.165, 1.54) is 29.3 Å². The van der Waals surface area contributed by atoms with Crippen molar-refractivity contribution < 1.29 is 41.0 Å². The van der Waals surface area contributed by atoms with E-state index >= 15 is 0 Å². The number of carbonyl (C=O) groups is 1. The van der Waals surface area contributed by atoms with Crippen LogP contribution in [0.1, 0.15) is 37.9 Å². The zero-order valence-electron chi connectivity index (χ0n) is 28.4. The number of halogens is 5. The lowest BCUT2D eigenvalue weighted by atomic mass is 10.0. The quantitative estimate of drug-likeness (QED) is 0.0886. The Bertz CT molecular complexity index is 1840. The number of benzene rings is 3. The third-order valence-electron chi connectivity index (χ3n) is 8.79. The maximum absolute atomic E-state index is 14.6. The molecule has 3 aromatic carbocycles. The van der Waals surface area contributed by atoms with Gasteiger partial charge in [0.15, 0.2) is 19.9 Å². The number of rotatable bonds is 12. The summed E-state index contributed by atoms with van der Waals surface area (Å²) in [5.74, 6) is -2.04. The van der Waals surface area contributed by atoms with E-state index in [0.717, 1.165) is 12.1 Å². The third kappa shape index (κ3) is 8.50. The maximum Gasteiger partial charge on any atom is 0.573 e. The number of aromatic nitrogens is 3. The van der Waals surface area contributed by atoms with Crippen LogP contribution in [0.4, 0.5) is 28.9 Å². The molecule has 1 atom stereocenters. The molecule has 1 aliphatic rings. The van der Waals surface area contributed by atoms with Gasteiger partial charge in [-0.05, 0) is 54.4 Å². The van der Waals surface area contributed by atoms with E-state index in [-0.39, 0.29) is 30.3 Å². The summed E-state index contributed by atoms with van der Waals surface area (Å²) in [7, 11) is -0.590. The van der Waals surface area contributed by atoms with Crippen molar-refractivity contribution in [3.63, 3.8) is 0 Å². The van der Waals surface area contributed by atoms with Gasteiger partial charge in [0.2, 0.25) is 0 Å². The molecule has 0 saturated carbocycles. The molecule has 16 heteroatoms. The first kappa shape index (κ1) is 36.9. The van der Waals surface area contributed by atoms with E-state index in [9.17, 15) is 22.4 Å². The average Bonchev–Trinajstić information content (AvgIpc) is 3.72. The monoisotopic (exact) mass is 735 g/mol. The summed E-state index contributed by atoms with van der Waals surface area (Å²) in [4.78, 5) is 19.9. The fourth-order valence-corrected chi connectivity index (χ4v) is 6.40. The van der Waals surface area contributed by atoms with Crippen LogP contribution in [-0.4, -0.2) is 62.2 Å². The molecule has 1 aliphatic heterocycles. The predicted molar refractivity (Wildman–Crippen MR) is 184 cm³/mol. The van der Waals surface area contributed by atoms with E-state index in [0.29, 0.717) is 45.6 Å². The second-order valence-electron chi connectivity index (χ2n) is 13.2. The Labute approximate surface area is 293 Å². The highest BCUT2D eigenvalue weighted by molar-refractivity contribution is 6.74. The largest absolute Gasteiger partial charge is 0.573 e. The molecule has 0 bridgehead atoms. The summed E-state index contributed by atoms with van der Waals surface area (Å²) in [5.41, 5.74) is 1.85. The number of hydrogen-bond donors (Lipinski definition) is 1. The lowest BCUT2D eigenvalue weighted by molar-refractivity contribution is -0.275. The minimum Gasteiger partial charge on any atom is -0.497 e. The van der Waals surface area contributed by atoms with Crippen LogP contribution in [0.5, 0.6) is 17.2 Å². The second-order valence-corrected chi connectivity index (χ2v) is 18.4. The van der Waals surface area contributed by atoms with Gasteiger partial charge in [0, 0.05) is 41.0 Å². The van der Waals surface area contributed by atoms with Crippen molar-refractivity contribution in [2.24, 2.45) is 0 Å². The Kier molecular flexibility index (Phi) is 10.7. The number of amides is 1. The minimum absolute atomic E-state index is 0.0165. The molecule has 5 rings (SSSR count). The van der Waals surface area contributed by atoms with Crippen LogP contribution in [0.25, 0.3) is 5.69 Å². The Morgan fingerprint density at radius 3 is 2.48 bits per heavy atom. The summed E-state index contributed by atoms with van der Waals surface area (Å²) in [6.45, 7) is 11.2. The Balaban J connectivity index is 1.54. The van der Waals surface area contributed by atoms with Crippen LogP contribution < -0.4 is 24.4 Å². The van der Waals surface area contributed by atoms with Crippen molar-refractivity contribution in [1.82, 2.24) is 14.8 Å². The molecule has 0 saturated heterocycles. The molecule has 0 fully saturated rings. The maximum atomic E-state index is 14.6. The molecular weight excluding hydrogens is 698 g/mol. The molecule has 4 aromatic rings. The first-order chi connectivity index (χ1) is 23.5. The van der Waals surface area contributed by atoms with Crippen molar-refractivity contribution in [3.05, 3.63) is 83.2 Å². The zero-order valence-corrected chi connectivity index (χ0v) is 30.2. The Morgan fingerprint density at radius 1 is 1.06 bits per heavy atom. The molecule has 2 heterocycles. The van der Waals surface area contributed by atoms with Crippen molar-refractivity contribution in [2.75, 3.05) is 37.1 Å². The summed E-state index contributed by atoms with van der Waals surface area (Å²) >= 11 is 6.41. The van der Waals surface area contributed by atoms with Crippen LogP contribution in [0.15, 0.2) is 61.2 Å². The van der Waals surface area contributed by atoms with Crippen LogP contribution in [0.3, 0.4) is 0 Å². The minimum atomic E-state index is -5.13. The van der Waals surface area contributed by atoms with Gasteiger partial charge < -0.3 is 28.9 Å². The van der Waals surface area contributed by atoms with Gasteiger partial charge in [0.05, 0.1) is 25.1 Å². The topological polar surface area (TPSA) is 100.0 Å². The fourth-order valence-electron chi connectivity index (χ4n) is 5.21. The van der Waals surface area contributed by atoms with Crippen LogP contribution >= 0.6 is 11.6 Å². The normalized spacial score (nSPS) is 13.9. The van der Waals surface area contributed by atoms with Gasteiger partial charge in [-0.2, -0.15) is 5.10 Å². The molecule has 50 heavy (non-hydrogen) atoms. The lowest BCUT2D eigenvalue weighted by Gasteiger charge is -2.36. The molecule has 268 valence electrons. The first-order valence-electron chi connectivity index (χ1n) is 15.7. The smallest absolute Gasteiger partial charge is 0.497 e. The molecule has 0 aliphatic carbocycles. The van der Waals surface area contributed by atoms with E-state index in [1.807, 2.05) is 0 Å². The predicted octanol–water partition coefficient (Wildman–Crippen LogP) is 8.11. The average molecular weight is 736 g/mol. The molecule has 1 N–H and O–H groups in total. The molecule has 10 nitrogen and oxygen atoms in total. The molecular formula is C34H38ClF4N5O5Si. The van der Waals surface area contributed by atoms with Crippen LogP contribution in [-0.2, 0) is 15.6 Å². The zero-order chi connectivity index (χ0) is 36.4. The van der Waals surface area contributed by atoms with Crippen LogP contribution in [0.2, 0.25) is 23.2 Å². The van der Waals surface area contributed by atoms with Gasteiger partial charge >= 0.3 is 6.36 Å². The summed E-state index contributed by atoms with van der Waals surface area (Å²) in [6.07, 6.45) is -2.05. The third-order valence-corrected chi connectivity index (χ3v) is 13.6. The summed E-state index contributed by atoms with van der Waals surface area (Å²) in [5, 5.41) is 7.79. The number of ether oxygens (including phenoxy) is 3. The number of alkyl halides is 3. The fraction of sp³-hybridized carbons (Fsp3) is 0.382. The number of fused-ring (bicyclic) bond motifs is 1. The highest BCUT2D eigenvalue weighted by atomic mass is 35.5. The van der Waals surface area contributed by atoms with Crippen molar-refractivity contribution >= 4 is 37.2 Å². The molecule has 0 spiro atoms. The second kappa shape index (κ2) is 14.5. The number of hydrogen-bond acceptors (Lipinski definition) is 8. The lowest BCUT2D eigenvalue weighted by Crippen LogP contribution is -2.41. The standard InChI is InChI=1S/C34H38ClF4N5O5Si/c1-33(2,3)50(5,6)48-12-11-47-29-14-22(35)7-8-26(29)31(42-23-15-24(17-25(16-23)46-4)44-20-40-19-41-44)32(45)43-10-9-21-13-27(36)30(18-28(21)43)49-34(37,38)39/h7-8,13-20,31,42H,9-12H2,1-6H3. The number of nitrogens with zero attached hydrogens (tertiary/aromatic N) is 4. The Morgan fingerprint density at radius 2 is 1.82 bits per heavy atom. The number of nitrogens with one attached hydrogen (secondary N) is 1. The van der Waals surface area contributed by atoms with E-state index in [4.69, 9.17) is 25.5 Å². The molecule has 0 radical (unpaired) electrons. The van der Waals surface area contributed by atoms with Gasteiger partial charge in [0.25, 0.3) is 5.91 Å². The highest BCUT2D eigenvalue weighted by Gasteiger charge is 2.38. The number of carbonyl (C=O) groups excluding carboxylic acids is 1. The summed E-state index contributed by atoms with van der Waals surface area (Å²) < 4.78 is 77.4. The molecule has 1 aromatic heterocycles. The highest BCUT2D eigenvalue weighted by Crippen LogP contribution is 2.40. The number of anilines is 2. The van der Waals surface area contributed by atoms with Crippen molar-refractivity contribution in [1.29, 1.82) is 0 Å². The van der Waals surface area contributed by atoms with Gasteiger partial charge in [-0.15, -0.1) is 13.2 Å². The SMILES string of the molecule is COc1cc(NC(C(=O)N2CCc3cc(F)c(OC(F)(F)F)cc32)c2ccc(Cl)cc2OCCO[Si](C)(C)C(C)(C)C)cc(-n2cncn2)c1. The number of methoxy groups -OCH3 is 1. The van der Waals surface area contributed by atoms with Gasteiger partial charge in [-0.1, -0.05) is 38.4 Å². The van der Waals surface area contributed by atoms with E-state index < -0.39 is 38.2 Å². The van der Waals surface area contributed by atoms with Crippen LogP contribution in [0, 0.1) is 5.82 Å². The van der Waals surface area contributed by atoms with Gasteiger partial charge in [-0.25, -0.2) is 14.1 Å². The Hall–Kier alpha value is -4.34. The van der Waals surface area contributed by atoms with E-state index in [1.54, 1.807) is 36.4 Å². The van der Waals surface area contributed by atoms with Gasteiger partial charge in [-0.3, -0.25) is 4.79 Å². The molecule has 1 unspecified atom stereocenters. The van der Waals surface area contributed by atoms with Crippen molar-refractivity contribution in [2.45, 2.75) is 57.7 Å². The first-order valence-corrected chi connectivity index (χ1v) is 19.0. The summed E-state index contributed by atoms with van der Waals surface area (Å²) in [6, 6.07) is 10.6. The van der Waals surface area contributed by atoms with Gasteiger partial charge in [0.1, 0.15) is 36.8 Å².